The van der Waals surface area contributed by atoms with Crippen LogP contribution in [0, 0.1) is 5.92 Å². The maximum absolute atomic E-state index is 12.4. The number of ether oxygens (including phenoxy) is 1. The van der Waals surface area contributed by atoms with Crippen molar-refractivity contribution in [2.75, 3.05) is 60.6 Å². The maximum Gasteiger partial charge on any atom is 0.310 e. The van der Waals surface area contributed by atoms with E-state index in [-0.39, 0.29) is 11.9 Å². The van der Waals surface area contributed by atoms with Crippen LogP contribution in [0.15, 0.2) is 33.9 Å². The summed E-state index contributed by atoms with van der Waals surface area (Å²) in [5.74, 6) is -0.479. The molecule has 7 nitrogen and oxygen atoms in total. The van der Waals surface area contributed by atoms with E-state index in [4.69, 9.17) is 16.3 Å². The fraction of sp³-hybridized carbons (Fsp3) is 0.500. The Kier molecular flexibility index (Phi) is 5.99. The minimum absolute atomic E-state index is 0.224. The van der Waals surface area contributed by atoms with Gasteiger partial charge in [-0.2, -0.15) is 0 Å². The van der Waals surface area contributed by atoms with Gasteiger partial charge in [-0.3, -0.25) is 14.4 Å². The number of hydrogen-bond acceptors (Lipinski definition) is 7. The summed E-state index contributed by atoms with van der Waals surface area (Å²) in [6.07, 6.45) is 1.54. The zero-order chi connectivity index (χ0) is 21.3. The van der Waals surface area contributed by atoms with Crippen molar-refractivity contribution in [1.29, 1.82) is 0 Å². The molecule has 0 aliphatic carbocycles. The molecule has 2 heterocycles. The number of carbonyl (C=O) groups is 1. The molecule has 0 aromatic heterocycles. The summed E-state index contributed by atoms with van der Waals surface area (Å²) in [5, 5.41) is 0.695. The molecular formula is C22H26ClN3O4. The van der Waals surface area contributed by atoms with E-state index in [0.717, 1.165) is 31.6 Å². The Labute approximate surface area is 180 Å². The fourth-order valence-corrected chi connectivity index (χ4v) is 4.63. The SMILES string of the molecule is CCOC(=O)[C@@H]1CCCN(c2c(N3CCN(c4cccc(Cl)c4)CC3)c(=O)c2=O)C1. The van der Waals surface area contributed by atoms with Crippen LogP contribution < -0.4 is 25.6 Å². The summed E-state index contributed by atoms with van der Waals surface area (Å²) >= 11 is 6.10. The molecule has 2 fully saturated rings. The number of carbonyl (C=O) groups excluding carboxylic acids is 1. The van der Waals surface area contributed by atoms with Crippen molar-refractivity contribution < 1.29 is 9.53 Å². The topological polar surface area (TPSA) is 70.2 Å². The number of hydrogen-bond donors (Lipinski definition) is 0. The van der Waals surface area contributed by atoms with Crippen molar-refractivity contribution in [3.05, 3.63) is 49.7 Å². The molecule has 2 aromatic rings. The molecule has 0 saturated carbocycles. The average molecular weight is 432 g/mol. The first-order valence-corrected chi connectivity index (χ1v) is 10.9. The highest BCUT2D eigenvalue weighted by molar-refractivity contribution is 6.30. The highest BCUT2D eigenvalue weighted by Crippen LogP contribution is 2.30. The highest BCUT2D eigenvalue weighted by atomic mass is 35.5. The lowest BCUT2D eigenvalue weighted by atomic mass is 9.96. The molecule has 0 N–H and O–H groups in total. The van der Waals surface area contributed by atoms with E-state index >= 15 is 0 Å². The third-order valence-electron chi connectivity index (χ3n) is 5.99. The van der Waals surface area contributed by atoms with E-state index < -0.39 is 10.9 Å². The quantitative estimate of drug-likeness (QED) is 0.530. The van der Waals surface area contributed by atoms with Gasteiger partial charge in [0.1, 0.15) is 11.4 Å². The molecular weight excluding hydrogens is 406 g/mol. The molecule has 8 heteroatoms. The molecule has 0 unspecified atom stereocenters. The van der Waals surface area contributed by atoms with Crippen LogP contribution in [0.3, 0.4) is 0 Å². The van der Waals surface area contributed by atoms with Crippen LogP contribution >= 0.6 is 11.6 Å². The first-order chi connectivity index (χ1) is 14.5. The number of esters is 1. The van der Waals surface area contributed by atoms with Crippen LogP contribution in [-0.4, -0.2) is 51.8 Å². The summed E-state index contributed by atoms with van der Waals surface area (Å²) in [5.41, 5.74) is 1.19. The fourth-order valence-electron chi connectivity index (χ4n) is 4.45. The smallest absolute Gasteiger partial charge is 0.310 e. The van der Waals surface area contributed by atoms with Crippen LogP contribution in [0.1, 0.15) is 19.8 Å². The number of piperidine rings is 1. The van der Waals surface area contributed by atoms with Gasteiger partial charge in [0, 0.05) is 50.0 Å². The zero-order valence-corrected chi connectivity index (χ0v) is 17.9. The number of rotatable bonds is 5. The number of halogens is 1. The van der Waals surface area contributed by atoms with Crippen molar-refractivity contribution in [2.24, 2.45) is 5.92 Å². The molecule has 0 spiro atoms. The lowest BCUT2D eigenvalue weighted by Gasteiger charge is -2.41. The molecule has 1 atom stereocenters. The molecule has 160 valence electrons. The van der Waals surface area contributed by atoms with Gasteiger partial charge in [-0.05, 0) is 38.0 Å². The van der Waals surface area contributed by atoms with E-state index in [1.54, 1.807) is 6.92 Å². The van der Waals surface area contributed by atoms with E-state index in [1.165, 1.54) is 0 Å². The van der Waals surface area contributed by atoms with Crippen LogP contribution in [0.5, 0.6) is 0 Å². The predicted molar refractivity (Wildman–Crippen MR) is 119 cm³/mol. The van der Waals surface area contributed by atoms with E-state index in [0.29, 0.717) is 49.2 Å². The van der Waals surface area contributed by atoms with E-state index in [2.05, 4.69) is 4.90 Å². The number of piperazine rings is 1. The molecule has 2 aliphatic rings. The van der Waals surface area contributed by atoms with Gasteiger partial charge >= 0.3 is 5.97 Å². The molecule has 2 saturated heterocycles. The number of nitrogens with zero attached hydrogens (tertiary/aromatic N) is 3. The second-order valence-corrected chi connectivity index (χ2v) is 8.28. The lowest BCUT2D eigenvalue weighted by molar-refractivity contribution is -0.148. The first kappa shape index (κ1) is 20.7. The first-order valence-electron chi connectivity index (χ1n) is 10.5. The van der Waals surface area contributed by atoms with Crippen LogP contribution in [0.2, 0.25) is 5.02 Å². The summed E-state index contributed by atoms with van der Waals surface area (Å²) < 4.78 is 5.16. The van der Waals surface area contributed by atoms with Crippen molar-refractivity contribution in [3.63, 3.8) is 0 Å². The number of benzene rings is 1. The molecule has 0 bridgehead atoms. The van der Waals surface area contributed by atoms with Gasteiger partial charge in [0.25, 0.3) is 10.9 Å². The van der Waals surface area contributed by atoms with Gasteiger partial charge in [-0.25, -0.2) is 0 Å². The highest BCUT2D eigenvalue weighted by Gasteiger charge is 2.35. The van der Waals surface area contributed by atoms with Crippen LogP contribution in [0.4, 0.5) is 17.1 Å². The lowest BCUT2D eigenvalue weighted by Crippen LogP contribution is -2.54. The molecule has 0 radical (unpaired) electrons. The third-order valence-corrected chi connectivity index (χ3v) is 6.22. The Hall–Kier alpha value is -2.54. The predicted octanol–water partition coefficient (Wildman–Crippen LogP) is 2.04. The molecule has 30 heavy (non-hydrogen) atoms. The van der Waals surface area contributed by atoms with Crippen molar-refractivity contribution >= 4 is 34.6 Å². The van der Waals surface area contributed by atoms with Gasteiger partial charge in [-0.1, -0.05) is 17.7 Å². The largest absolute Gasteiger partial charge is 0.466 e. The zero-order valence-electron chi connectivity index (χ0n) is 17.1. The summed E-state index contributed by atoms with van der Waals surface area (Å²) in [7, 11) is 0. The Morgan fingerprint density at radius 2 is 1.70 bits per heavy atom. The Morgan fingerprint density at radius 1 is 1.03 bits per heavy atom. The molecule has 0 amide bonds. The van der Waals surface area contributed by atoms with E-state index in [1.807, 2.05) is 34.1 Å². The minimum Gasteiger partial charge on any atom is -0.466 e. The second kappa shape index (κ2) is 8.68. The average Bonchev–Trinajstić information content (AvgIpc) is 2.77. The monoisotopic (exact) mass is 431 g/mol. The Bertz CT molecular complexity index is 993. The van der Waals surface area contributed by atoms with Gasteiger partial charge < -0.3 is 19.4 Å². The summed E-state index contributed by atoms with van der Waals surface area (Å²) in [6.45, 7) is 6.02. The normalized spacial score (nSPS) is 19.9. The molecule has 4 rings (SSSR count). The molecule has 2 aliphatic heterocycles. The van der Waals surface area contributed by atoms with Gasteiger partial charge in [0.05, 0.1) is 12.5 Å². The Balaban J connectivity index is 1.47. The summed E-state index contributed by atoms with van der Waals surface area (Å²) in [6, 6.07) is 7.73. The minimum atomic E-state index is -0.438. The molecule has 2 aromatic carbocycles. The van der Waals surface area contributed by atoms with Crippen LogP contribution in [-0.2, 0) is 9.53 Å². The van der Waals surface area contributed by atoms with Crippen LogP contribution in [0.25, 0.3) is 0 Å². The van der Waals surface area contributed by atoms with Gasteiger partial charge in [0.15, 0.2) is 0 Å². The second-order valence-electron chi connectivity index (χ2n) is 7.85. The number of anilines is 3. The third kappa shape index (κ3) is 3.90. The summed E-state index contributed by atoms with van der Waals surface area (Å²) in [4.78, 5) is 43.2. The van der Waals surface area contributed by atoms with E-state index in [9.17, 15) is 14.4 Å². The van der Waals surface area contributed by atoms with Crippen molar-refractivity contribution in [1.82, 2.24) is 0 Å². The van der Waals surface area contributed by atoms with Gasteiger partial charge in [-0.15, -0.1) is 0 Å². The Morgan fingerprint density at radius 3 is 2.37 bits per heavy atom. The van der Waals surface area contributed by atoms with Gasteiger partial charge in [0.2, 0.25) is 0 Å². The maximum atomic E-state index is 12.4. The van der Waals surface area contributed by atoms with Crippen molar-refractivity contribution in [2.45, 2.75) is 19.8 Å². The van der Waals surface area contributed by atoms with Crippen molar-refractivity contribution in [3.8, 4) is 0 Å². The standard InChI is InChI=1S/C22H26ClN3O4/c1-2-30-22(29)15-5-4-8-26(14-15)19-18(20(27)21(19)28)25-11-9-24(10-12-25)17-7-3-6-16(23)13-17/h3,6-7,13,15H,2,4-5,8-12,14H2,1H3/t15-/m1/s1.